The van der Waals surface area contributed by atoms with Crippen molar-refractivity contribution in [2.75, 3.05) is 33.2 Å². The summed E-state index contributed by atoms with van der Waals surface area (Å²) >= 11 is 0. The molecule has 1 fully saturated rings. The Hall–Kier alpha value is -0.170. The van der Waals surface area contributed by atoms with Crippen LogP contribution in [0.3, 0.4) is 0 Å². The van der Waals surface area contributed by atoms with E-state index in [2.05, 4.69) is 12.2 Å². The van der Waals surface area contributed by atoms with Gasteiger partial charge in [-0.1, -0.05) is 13.3 Å². The van der Waals surface area contributed by atoms with Gasteiger partial charge in [0, 0.05) is 39.3 Å². The molecular formula is C10H23N3O2S. The molecule has 1 N–H and O–H groups in total. The van der Waals surface area contributed by atoms with Crippen molar-refractivity contribution in [2.45, 2.75) is 32.7 Å². The average Bonchev–Trinajstić information content (AvgIpc) is 2.26. The summed E-state index contributed by atoms with van der Waals surface area (Å²) in [7, 11) is -1.59. The lowest BCUT2D eigenvalue weighted by molar-refractivity contribution is 0.263. The van der Waals surface area contributed by atoms with E-state index in [1.807, 2.05) is 6.92 Å². The normalized spacial score (nSPS) is 23.9. The highest BCUT2D eigenvalue weighted by molar-refractivity contribution is 7.86. The van der Waals surface area contributed by atoms with Crippen LogP contribution in [0.25, 0.3) is 0 Å². The predicted molar refractivity (Wildman–Crippen MR) is 65.5 cm³/mol. The molecule has 0 aromatic carbocycles. The zero-order valence-corrected chi connectivity index (χ0v) is 11.3. The predicted octanol–water partition coefficient (Wildman–Crippen LogP) is 0.257. The van der Waals surface area contributed by atoms with E-state index in [0.717, 1.165) is 25.9 Å². The van der Waals surface area contributed by atoms with Gasteiger partial charge in [0.2, 0.25) is 0 Å². The zero-order chi connectivity index (χ0) is 12.2. The molecule has 1 saturated heterocycles. The highest BCUT2D eigenvalue weighted by atomic mass is 32.2. The van der Waals surface area contributed by atoms with E-state index in [-0.39, 0.29) is 6.04 Å². The molecule has 0 amide bonds. The molecule has 0 bridgehead atoms. The molecule has 16 heavy (non-hydrogen) atoms. The average molecular weight is 249 g/mol. The van der Waals surface area contributed by atoms with Crippen LogP contribution in [0.4, 0.5) is 0 Å². The van der Waals surface area contributed by atoms with E-state index in [0.29, 0.717) is 13.1 Å². The number of hydrogen-bond donors (Lipinski definition) is 1. The van der Waals surface area contributed by atoms with Crippen molar-refractivity contribution in [3.63, 3.8) is 0 Å². The van der Waals surface area contributed by atoms with Crippen molar-refractivity contribution in [2.24, 2.45) is 0 Å². The molecule has 5 nitrogen and oxygen atoms in total. The fourth-order valence-electron chi connectivity index (χ4n) is 1.84. The number of unbranched alkanes of at least 4 members (excludes halogenated alkanes) is 1. The Bertz CT molecular complexity index is 305. The van der Waals surface area contributed by atoms with Gasteiger partial charge in [-0.3, -0.25) is 0 Å². The molecule has 96 valence electrons. The van der Waals surface area contributed by atoms with Crippen LogP contribution in [0.1, 0.15) is 26.7 Å². The molecule has 1 aliphatic rings. The molecule has 0 spiro atoms. The summed E-state index contributed by atoms with van der Waals surface area (Å²) < 4.78 is 27.5. The standard InChI is InChI=1S/C10H23N3O2S/c1-4-5-7-12(3)16(14,15)13-8-6-11-9-10(13)2/h10-11H,4-9H2,1-3H3/t10-/m1/s1. The van der Waals surface area contributed by atoms with Crippen LogP contribution < -0.4 is 5.32 Å². The van der Waals surface area contributed by atoms with E-state index in [1.165, 1.54) is 4.31 Å². The zero-order valence-electron chi connectivity index (χ0n) is 10.4. The van der Waals surface area contributed by atoms with Crippen LogP contribution in [-0.2, 0) is 10.2 Å². The Labute approximate surface area is 99.0 Å². The maximum Gasteiger partial charge on any atom is 0.282 e. The third-order valence-corrected chi connectivity index (χ3v) is 5.06. The van der Waals surface area contributed by atoms with Gasteiger partial charge in [0.15, 0.2) is 0 Å². The first-order valence-corrected chi connectivity index (χ1v) is 7.33. The summed E-state index contributed by atoms with van der Waals surface area (Å²) in [6.45, 7) is 6.66. The maximum absolute atomic E-state index is 12.2. The van der Waals surface area contributed by atoms with Crippen molar-refractivity contribution in [1.29, 1.82) is 0 Å². The first-order chi connectivity index (χ1) is 7.50. The highest BCUT2D eigenvalue weighted by Gasteiger charge is 2.32. The summed E-state index contributed by atoms with van der Waals surface area (Å²) in [6.07, 6.45) is 1.92. The van der Waals surface area contributed by atoms with Gasteiger partial charge < -0.3 is 5.32 Å². The Morgan fingerprint density at radius 2 is 2.19 bits per heavy atom. The second-order valence-electron chi connectivity index (χ2n) is 4.35. The van der Waals surface area contributed by atoms with Gasteiger partial charge in [0.25, 0.3) is 10.2 Å². The molecular weight excluding hydrogens is 226 g/mol. The molecule has 0 radical (unpaired) electrons. The Morgan fingerprint density at radius 1 is 1.50 bits per heavy atom. The summed E-state index contributed by atoms with van der Waals surface area (Å²) in [5.74, 6) is 0. The van der Waals surface area contributed by atoms with Crippen molar-refractivity contribution >= 4 is 10.2 Å². The quantitative estimate of drug-likeness (QED) is 0.760. The third kappa shape index (κ3) is 3.16. The first-order valence-electron chi connectivity index (χ1n) is 5.94. The van der Waals surface area contributed by atoms with Gasteiger partial charge in [0.05, 0.1) is 0 Å². The van der Waals surface area contributed by atoms with Gasteiger partial charge in [-0.2, -0.15) is 17.0 Å². The summed E-state index contributed by atoms with van der Waals surface area (Å²) in [5.41, 5.74) is 0. The molecule has 0 saturated carbocycles. The topological polar surface area (TPSA) is 52.7 Å². The van der Waals surface area contributed by atoms with Crippen LogP contribution in [0.5, 0.6) is 0 Å². The Morgan fingerprint density at radius 3 is 2.75 bits per heavy atom. The summed E-state index contributed by atoms with van der Waals surface area (Å²) in [5, 5.41) is 3.19. The van der Waals surface area contributed by atoms with Gasteiger partial charge >= 0.3 is 0 Å². The van der Waals surface area contributed by atoms with E-state index in [9.17, 15) is 8.42 Å². The SMILES string of the molecule is CCCCN(C)S(=O)(=O)N1CCNC[C@H]1C. The highest BCUT2D eigenvalue weighted by Crippen LogP contribution is 2.13. The van der Waals surface area contributed by atoms with Crippen LogP contribution in [-0.4, -0.2) is 56.3 Å². The maximum atomic E-state index is 12.2. The van der Waals surface area contributed by atoms with Crippen LogP contribution in [0, 0.1) is 0 Å². The molecule has 1 atom stereocenters. The first kappa shape index (κ1) is 13.9. The molecule has 6 heteroatoms. The monoisotopic (exact) mass is 249 g/mol. The van der Waals surface area contributed by atoms with Crippen molar-refractivity contribution < 1.29 is 8.42 Å². The minimum absolute atomic E-state index is 0.0443. The van der Waals surface area contributed by atoms with E-state index in [1.54, 1.807) is 11.4 Å². The smallest absolute Gasteiger partial charge is 0.282 e. The van der Waals surface area contributed by atoms with Gasteiger partial charge in [-0.05, 0) is 13.3 Å². The van der Waals surface area contributed by atoms with Crippen molar-refractivity contribution in [3.8, 4) is 0 Å². The van der Waals surface area contributed by atoms with Crippen LogP contribution >= 0.6 is 0 Å². The lowest BCUT2D eigenvalue weighted by atomic mass is 10.3. The van der Waals surface area contributed by atoms with Gasteiger partial charge in [-0.15, -0.1) is 0 Å². The third-order valence-electron chi connectivity index (χ3n) is 2.96. The summed E-state index contributed by atoms with van der Waals surface area (Å²) in [4.78, 5) is 0. The van der Waals surface area contributed by atoms with Crippen molar-refractivity contribution in [1.82, 2.24) is 13.9 Å². The molecule has 0 aromatic heterocycles. The van der Waals surface area contributed by atoms with Crippen molar-refractivity contribution in [3.05, 3.63) is 0 Å². The van der Waals surface area contributed by atoms with E-state index in [4.69, 9.17) is 0 Å². The Balaban J connectivity index is 2.67. The van der Waals surface area contributed by atoms with E-state index >= 15 is 0 Å². The van der Waals surface area contributed by atoms with Gasteiger partial charge in [0.1, 0.15) is 0 Å². The summed E-state index contributed by atoms with van der Waals surface area (Å²) in [6, 6.07) is 0.0443. The fraction of sp³-hybridized carbons (Fsp3) is 1.00. The second-order valence-corrected chi connectivity index (χ2v) is 6.33. The number of piperazine rings is 1. The molecule has 0 unspecified atom stereocenters. The van der Waals surface area contributed by atoms with Gasteiger partial charge in [-0.25, -0.2) is 0 Å². The fourth-order valence-corrected chi connectivity index (χ4v) is 3.41. The lowest BCUT2D eigenvalue weighted by Gasteiger charge is -2.35. The molecule has 0 aliphatic carbocycles. The Kier molecular flexibility index (Phi) is 5.17. The van der Waals surface area contributed by atoms with E-state index < -0.39 is 10.2 Å². The number of nitrogens with one attached hydrogen (secondary N) is 1. The number of rotatable bonds is 5. The molecule has 0 aromatic rings. The lowest BCUT2D eigenvalue weighted by Crippen LogP contribution is -2.55. The second kappa shape index (κ2) is 5.95. The molecule has 1 aliphatic heterocycles. The van der Waals surface area contributed by atoms with Crippen LogP contribution in [0.2, 0.25) is 0 Å². The molecule has 1 rings (SSSR count). The number of nitrogens with zero attached hydrogens (tertiary/aromatic N) is 2. The number of hydrogen-bond acceptors (Lipinski definition) is 3. The minimum Gasteiger partial charge on any atom is -0.314 e. The molecule has 1 heterocycles. The van der Waals surface area contributed by atoms with Crippen LogP contribution in [0.15, 0.2) is 0 Å². The minimum atomic E-state index is -3.26. The largest absolute Gasteiger partial charge is 0.314 e.